The van der Waals surface area contributed by atoms with Crippen LogP contribution in [0.3, 0.4) is 0 Å². The zero-order chi connectivity index (χ0) is 26.2. The molecule has 0 unspecified atom stereocenters. The minimum Gasteiger partial charge on any atom is -0.467 e. The van der Waals surface area contributed by atoms with Gasteiger partial charge in [-0.05, 0) is 18.2 Å². The Balaban J connectivity index is 2.47. The monoisotopic (exact) mass is 508 g/mol. The van der Waals surface area contributed by atoms with E-state index in [0.29, 0.717) is 22.8 Å². The summed E-state index contributed by atoms with van der Waals surface area (Å²) in [5.74, 6) is 1.16. The fraction of sp³-hybridized carbons (Fsp3) is 0.400. The highest BCUT2D eigenvalue weighted by atomic mass is 16.7. The molecule has 0 bridgehead atoms. The van der Waals surface area contributed by atoms with E-state index < -0.39 is 5.78 Å². The largest absolute Gasteiger partial charge is 0.467 e. The minimum absolute atomic E-state index is 0.00757. The molecule has 0 fully saturated rings. The second kappa shape index (κ2) is 16.3. The lowest BCUT2D eigenvalue weighted by atomic mass is 10.1. The van der Waals surface area contributed by atoms with Crippen molar-refractivity contribution in [3.63, 3.8) is 0 Å². The number of hydrogen-bond acceptors (Lipinski definition) is 11. The van der Waals surface area contributed by atoms with E-state index in [1.165, 1.54) is 41.6 Å². The van der Waals surface area contributed by atoms with Gasteiger partial charge in [0, 0.05) is 53.2 Å². The molecule has 0 atom stereocenters. The Kier molecular flexibility index (Phi) is 13.1. The van der Waals surface area contributed by atoms with E-state index in [1.54, 1.807) is 36.4 Å². The number of rotatable bonds is 18. The van der Waals surface area contributed by atoms with Gasteiger partial charge in [0.2, 0.25) is 0 Å². The first-order chi connectivity index (χ1) is 17.6. The number of carbonyl (C=O) groups is 1. The highest BCUT2D eigenvalue weighted by molar-refractivity contribution is 6.10. The Morgan fingerprint density at radius 3 is 1.72 bits per heavy atom. The number of para-hydroxylation sites is 1. The molecule has 2 aromatic rings. The summed E-state index contributed by atoms with van der Waals surface area (Å²) in [7, 11) is 7.44. The van der Waals surface area contributed by atoms with E-state index in [9.17, 15) is 4.79 Å². The van der Waals surface area contributed by atoms with Crippen LogP contribution in [-0.4, -0.2) is 75.3 Å². The molecule has 0 saturated carbocycles. The maximum Gasteiger partial charge on any atom is 0.193 e. The van der Waals surface area contributed by atoms with Gasteiger partial charge in [-0.25, -0.2) is 0 Å². The first-order valence-corrected chi connectivity index (χ1v) is 10.7. The second-order valence-corrected chi connectivity index (χ2v) is 6.92. The molecule has 0 aromatic heterocycles. The molecular formula is C25H32O11. The first-order valence-electron chi connectivity index (χ1n) is 10.7. The standard InChI is InChI=1S/C25H32O11/c1-27-13-32-19-11-22(34-15-29-3)24(23(12-19)35-16-30-4)20(26)10-9-18-7-6-8-21(33-14-28-2)25(18)36-17-31-5/h6-12H,13-17H2,1-5H3. The van der Waals surface area contributed by atoms with Crippen LogP contribution in [0.25, 0.3) is 6.08 Å². The third-order valence-corrected chi connectivity index (χ3v) is 4.37. The average Bonchev–Trinajstić information content (AvgIpc) is 2.90. The smallest absolute Gasteiger partial charge is 0.193 e. The van der Waals surface area contributed by atoms with Gasteiger partial charge in [-0.3, -0.25) is 4.79 Å². The molecule has 0 saturated heterocycles. The SMILES string of the molecule is COCOc1cc(OCOC)c(C(=O)C=Cc2cccc(OCOC)c2OCOC)c(OCOC)c1. The summed E-state index contributed by atoms with van der Waals surface area (Å²) in [4.78, 5) is 13.4. The molecule has 0 aliphatic carbocycles. The Morgan fingerprint density at radius 2 is 1.17 bits per heavy atom. The van der Waals surface area contributed by atoms with Crippen molar-refractivity contribution in [2.45, 2.75) is 0 Å². The third kappa shape index (κ3) is 8.70. The Bertz CT molecular complexity index is 945. The zero-order valence-electron chi connectivity index (χ0n) is 21.1. The second-order valence-electron chi connectivity index (χ2n) is 6.92. The van der Waals surface area contributed by atoms with Crippen LogP contribution >= 0.6 is 0 Å². The van der Waals surface area contributed by atoms with E-state index in [0.717, 1.165) is 0 Å². The number of allylic oxidation sites excluding steroid dienone is 1. The predicted molar refractivity (Wildman–Crippen MR) is 129 cm³/mol. The van der Waals surface area contributed by atoms with Crippen molar-refractivity contribution in [1.82, 2.24) is 0 Å². The normalized spacial score (nSPS) is 10.9. The topological polar surface area (TPSA) is 109 Å². The molecular weight excluding hydrogens is 476 g/mol. The Hall–Kier alpha value is -3.35. The van der Waals surface area contributed by atoms with Gasteiger partial charge in [0.15, 0.2) is 51.2 Å². The minimum atomic E-state index is -0.411. The number of ketones is 1. The zero-order valence-corrected chi connectivity index (χ0v) is 21.1. The van der Waals surface area contributed by atoms with Crippen molar-refractivity contribution >= 4 is 11.9 Å². The van der Waals surface area contributed by atoms with Crippen LogP contribution in [0.2, 0.25) is 0 Å². The Labute approximate surface area is 210 Å². The molecule has 0 spiro atoms. The number of hydrogen-bond donors (Lipinski definition) is 0. The van der Waals surface area contributed by atoms with Crippen LogP contribution in [0.4, 0.5) is 0 Å². The molecule has 0 aliphatic heterocycles. The molecule has 0 aliphatic rings. The van der Waals surface area contributed by atoms with Crippen LogP contribution in [0.5, 0.6) is 28.7 Å². The molecule has 2 aromatic carbocycles. The molecule has 0 N–H and O–H groups in total. The average molecular weight is 509 g/mol. The summed E-state index contributed by atoms with van der Waals surface area (Å²) in [6.07, 6.45) is 2.95. The highest BCUT2D eigenvalue weighted by Gasteiger charge is 2.21. The summed E-state index contributed by atoms with van der Waals surface area (Å²) in [5.41, 5.74) is 0.726. The van der Waals surface area contributed by atoms with E-state index in [4.69, 9.17) is 47.4 Å². The number of methoxy groups -OCH3 is 5. The number of ether oxygens (including phenoxy) is 10. The molecule has 0 amide bonds. The van der Waals surface area contributed by atoms with Crippen LogP contribution in [0.15, 0.2) is 36.4 Å². The van der Waals surface area contributed by atoms with E-state index in [-0.39, 0.29) is 51.0 Å². The molecule has 0 radical (unpaired) electrons. The van der Waals surface area contributed by atoms with Gasteiger partial charge in [0.1, 0.15) is 22.8 Å². The molecule has 11 nitrogen and oxygen atoms in total. The van der Waals surface area contributed by atoms with Crippen LogP contribution in [0.1, 0.15) is 15.9 Å². The van der Waals surface area contributed by atoms with Crippen molar-refractivity contribution in [1.29, 1.82) is 0 Å². The number of carbonyl (C=O) groups excluding carboxylic acids is 1. The molecule has 198 valence electrons. The fourth-order valence-corrected chi connectivity index (χ4v) is 2.91. The van der Waals surface area contributed by atoms with Gasteiger partial charge in [-0.15, -0.1) is 0 Å². The van der Waals surface area contributed by atoms with Gasteiger partial charge in [-0.2, -0.15) is 0 Å². The van der Waals surface area contributed by atoms with Gasteiger partial charge in [0.05, 0.1) is 0 Å². The maximum absolute atomic E-state index is 13.4. The quantitative estimate of drug-likeness (QED) is 0.168. The molecule has 11 heteroatoms. The lowest BCUT2D eigenvalue weighted by Crippen LogP contribution is -2.10. The third-order valence-electron chi connectivity index (χ3n) is 4.37. The number of benzene rings is 2. The van der Waals surface area contributed by atoms with Crippen LogP contribution < -0.4 is 23.7 Å². The van der Waals surface area contributed by atoms with Gasteiger partial charge >= 0.3 is 0 Å². The lowest BCUT2D eigenvalue weighted by Gasteiger charge is -2.17. The summed E-state index contributed by atoms with van der Waals surface area (Å²) in [5, 5.41) is 0. The van der Waals surface area contributed by atoms with Gasteiger partial charge in [-0.1, -0.05) is 12.1 Å². The van der Waals surface area contributed by atoms with Gasteiger partial charge < -0.3 is 47.4 Å². The Morgan fingerprint density at radius 1 is 0.667 bits per heavy atom. The first kappa shape index (κ1) is 28.9. The molecule has 2 rings (SSSR count). The maximum atomic E-state index is 13.4. The summed E-state index contributed by atoms with van der Waals surface area (Å²) < 4.78 is 53.1. The predicted octanol–water partition coefficient (Wildman–Crippen LogP) is 3.50. The highest BCUT2D eigenvalue weighted by Crippen LogP contribution is 2.36. The summed E-state index contributed by atoms with van der Waals surface area (Å²) in [6, 6.07) is 8.34. The van der Waals surface area contributed by atoms with Crippen molar-refractivity contribution in [2.75, 3.05) is 69.5 Å². The van der Waals surface area contributed by atoms with E-state index >= 15 is 0 Å². The van der Waals surface area contributed by atoms with E-state index in [1.807, 2.05) is 0 Å². The van der Waals surface area contributed by atoms with Crippen LogP contribution in [0, 0.1) is 0 Å². The van der Waals surface area contributed by atoms with E-state index in [2.05, 4.69) is 0 Å². The summed E-state index contributed by atoms with van der Waals surface area (Å²) in [6.45, 7) is -0.209. The molecule has 0 heterocycles. The van der Waals surface area contributed by atoms with Crippen molar-refractivity contribution < 1.29 is 52.2 Å². The van der Waals surface area contributed by atoms with Gasteiger partial charge in [0.25, 0.3) is 0 Å². The van der Waals surface area contributed by atoms with Crippen LogP contribution in [-0.2, 0) is 23.7 Å². The summed E-state index contributed by atoms with van der Waals surface area (Å²) >= 11 is 0. The van der Waals surface area contributed by atoms with Crippen molar-refractivity contribution in [3.05, 3.63) is 47.5 Å². The van der Waals surface area contributed by atoms with Crippen molar-refractivity contribution in [3.8, 4) is 28.7 Å². The lowest BCUT2D eigenvalue weighted by molar-refractivity contribution is 0.0321. The molecule has 36 heavy (non-hydrogen) atoms. The van der Waals surface area contributed by atoms with Crippen molar-refractivity contribution in [2.24, 2.45) is 0 Å². The fourth-order valence-electron chi connectivity index (χ4n) is 2.91.